The van der Waals surface area contributed by atoms with E-state index in [9.17, 15) is 13.2 Å². The molecular formula is C8H3F3N3OS-. The van der Waals surface area contributed by atoms with Gasteiger partial charge in [0.1, 0.15) is 5.75 Å². The normalized spacial score (nSPS) is 11.7. The summed E-state index contributed by atoms with van der Waals surface area (Å²) in [4.78, 5) is 0. The van der Waals surface area contributed by atoms with Crippen LogP contribution in [0.25, 0.3) is 10.9 Å². The number of alkyl halides is 3. The van der Waals surface area contributed by atoms with Crippen LogP contribution in [-0.2, 0) is 12.6 Å². The topological polar surface area (TPSA) is 47.9 Å². The van der Waals surface area contributed by atoms with Crippen molar-refractivity contribution in [2.75, 3.05) is 0 Å². The molecule has 0 atom stereocenters. The maximum Gasteiger partial charge on any atom is 0.573 e. The summed E-state index contributed by atoms with van der Waals surface area (Å²) in [5, 5.41) is 11.0. The van der Waals surface area contributed by atoms with Crippen molar-refractivity contribution in [3.8, 4) is 5.75 Å². The van der Waals surface area contributed by atoms with Crippen molar-refractivity contribution in [3.63, 3.8) is 0 Å². The van der Waals surface area contributed by atoms with E-state index >= 15 is 0 Å². The third-order valence-electron chi connectivity index (χ3n) is 1.72. The van der Waals surface area contributed by atoms with E-state index in [1.807, 2.05) is 0 Å². The highest BCUT2D eigenvalue weighted by atomic mass is 32.1. The first-order chi connectivity index (χ1) is 7.46. The number of nitrogens with zero attached hydrogens (tertiary/aromatic N) is 3. The van der Waals surface area contributed by atoms with Gasteiger partial charge in [-0.25, -0.2) is 0 Å². The number of benzene rings is 1. The molecule has 0 aliphatic carbocycles. The summed E-state index contributed by atoms with van der Waals surface area (Å²) in [5.74, 6) is -0.366. The Bertz CT molecular complexity index is 531. The van der Waals surface area contributed by atoms with E-state index in [0.717, 1.165) is 12.1 Å². The molecule has 0 radical (unpaired) electrons. The smallest absolute Gasteiger partial charge is 0.573 e. The van der Waals surface area contributed by atoms with Crippen LogP contribution >= 0.6 is 0 Å². The van der Waals surface area contributed by atoms with Crippen LogP contribution in [0.5, 0.6) is 5.75 Å². The third kappa shape index (κ3) is 2.27. The lowest BCUT2D eigenvalue weighted by Crippen LogP contribution is -2.17. The Labute approximate surface area is 92.8 Å². The summed E-state index contributed by atoms with van der Waals surface area (Å²) >= 11 is 4.83. The highest BCUT2D eigenvalue weighted by Crippen LogP contribution is 2.25. The Kier molecular flexibility index (Phi) is 2.50. The summed E-state index contributed by atoms with van der Waals surface area (Å²) in [6, 6.07) is 3.61. The Morgan fingerprint density at radius 3 is 2.62 bits per heavy atom. The molecule has 0 spiro atoms. The molecule has 84 valence electrons. The maximum atomic E-state index is 11.9. The Balaban J connectivity index is 2.45. The van der Waals surface area contributed by atoms with Crippen molar-refractivity contribution in [3.05, 3.63) is 18.2 Å². The van der Waals surface area contributed by atoms with Gasteiger partial charge in [0.2, 0.25) is 0 Å². The van der Waals surface area contributed by atoms with Crippen LogP contribution in [0.15, 0.2) is 23.2 Å². The average molecular weight is 246 g/mol. The summed E-state index contributed by atoms with van der Waals surface area (Å²) in [5.41, 5.74) is 0.210. The number of hydrogen-bond acceptors (Lipinski definition) is 5. The minimum atomic E-state index is -4.73. The first kappa shape index (κ1) is 10.8. The molecule has 4 nitrogen and oxygen atoms in total. The van der Waals surface area contributed by atoms with E-state index in [2.05, 4.69) is 20.1 Å². The zero-order chi connectivity index (χ0) is 11.8. The third-order valence-corrected chi connectivity index (χ3v) is 2.02. The molecule has 1 aromatic carbocycles. The highest BCUT2D eigenvalue weighted by Gasteiger charge is 2.31. The molecule has 0 saturated heterocycles. The number of aromatic nitrogens is 3. The van der Waals surface area contributed by atoms with Gasteiger partial charge in [0.25, 0.3) is 0 Å². The Morgan fingerprint density at radius 1 is 1.19 bits per heavy atom. The predicted molar refractivity (Wildman–Crippen MR) is 49.6 cm³/mol. The van der Waals surface area contributed by atoms with Crippen molar-refractivity contribution in [2.45, 2.75) is 11.4 Å². The van der Waals surface area contributed by atoms with E-state index in [1.165, 1.54) is 6.07 Å². The van der Waals surface area contributed by atoms with Crippen molar-refractivity contribution < 1.29 is 17.9 Å². The van der Waals surface area contributed by atoms with Gasteiger partial charge in [-0.15, -0.1) is 18.3 Å². The molecule has 16 heavy (non-hydrogen) atoms. The summed E-state index contributed by atoms with van der Waals surface area (Å²) < 4.78 is 39.5. The van der Waals surface area contributed by atoms with Crippen molar-refractivity contribution in [1.82, 2.24) is 15.4 Å². The highest BCUT2D eigenvalue weighted by molar-refractivity contribution is 7.59. The van der Waals surface area contributed by atoms with Crippen LogP contribution in [-0.4, -0.2) is 21.8 Å². The fourth-order valence-electron chi connectivity index (χ4n) is 1.14. The zero-order valence-electron chi connectivity index (χ0n) is 7.52. The second-order valence-electron chi connectivity index (χ2n) is 2.82. The van der Waals surface area contributed by atoms with Crippen molar-refractivity contribution in [1.29, 1.82) is 0 Å². The molecule has 1 heterocycles. The minimum absolute atomic E-state index is 0.184. The Morgan fingerprint density at radius 2 is 1.94 bits per heavy atom. The van der Waals surface area contributed by atoms with E-state index in [-0.39, 0.29) is 16.3 Å². The summed E-state index contributed by atoms with van der Waals surface area (Å²) in [6.07, 6.45) is -4.73. The average Bonchev–Trinajstić information content (AvgIpc) is 2.15. The molecule has 0 N–H and O–H groups in total. The largest absolute Gasteiger partial charge is 0.758 e. The first-order valence-corrected chi connectivity index (χ1v) is 4.42. The van der Waals surface area contributed by atoms with Crippen LogP contribution in [0.2, 0.25) is 0 Å². The standard InChI is InChI=1S/C8H4F3N3OS/c9-8(10,11)15-4-1-2-5-6(3-4)12-14-13-7(5)16/h1-3H,(H,12,13,16)/p-1. The number of hydrogen-bond donors (Lipinski definition) is 0. The van der Waals surface area contributed by atoms with Crippen LogP contribution in [0.4, 0.5) is 13.2 Å². The van der Waals surface area contributed by atoms with Crippen LogP contribution in [0.3, 0.4) is 0 Å². The quantitative estimate of drug-likeness (QED) is 0.718. The van der Waals surface area contributed by atoms with Gasteiger partial charge in [0.05, 0.1) is 5.52 Å². The molecule has 0 aliphatic heterocycles. The van der Waals surface area contributed by atoms with Crippen LogP contribution in [0.1, 0.15) is 0 Å². The molecule has 0 bridgehead atoms. The molecule has 1 aromatic heterocycles. The summed E-state index contributed by atoms with van der Waals surface area (Å²) in [6.45, 7) is 0. The van der Waals surface area contributed by atoms with E-state index in [4.69, 9.17) is 12.6 Å². The second-order valence-corrected chi connectivity index (χ2v) is 3.21. The molecular weight excluding hydrogens is 243 g/mol. The first-order valence-electron chi connectivity index (χ1n) is 4.01. The maximum absolute atomic E-state index is 11.9. The molecule has 2 rings (SSSR count). The Hall–Kier alpha value is -1.70. The SMILES string of the molecule is FC(F)(F)Oc1ccc2c([S-])nnnc2c1. The van der Waals surface area contributed by atoms with Gasteiger partial charge in [-0.05, 0) is 22.4 Å². The van der Waals surface area contributed by atoms with Gasteiger partial charge in [-0.1, -0.05) is 0 Å². The van der Waals surface area contributed by atoms with Gasteiger partial charge in [0, 0.05) is 11.5 Å². The van der Waals surface area contributed by atoms with E-state index in [0.29, 0.717) is 5.39 Å². The van der Waals surface area contributed by atoms with Gasteiger partial charge in [-0.3, -0.25) is 0 Å². The molecule has 0 unspecified atom stereocenters. The lowest BCUT2D eigenvalue weighted by atomic mass is 10.2. The summed E-state index contributed by atoms with van der Waals surface area (Å²) in [7, 11) is 0. The van der Waals surface area contributed by atoms with Crippen LogP contribution in [0, 0.1) is 0 Å². The van der Waals surface area contributed by atoms with Gasteiger partial charge < -0.3 is 17.4 Å². The lowest BCUT2D eigenvalue weighted by Gasteiger charge is -2.10. The number of halogens is 3. The van der Waals surface area contributed by atoms with E-state index < -0.39 is 6.36 Å². The number of ether oxygens (including phenoxy) is 1. The van der Waals surface area contributed by atoms with Crippen molar-refractivity contribution in [2.24, 2.45) is 0 Å². The molecule has 0 saturated carbocycles. The number of rotatable bonds is 1. The lowest BCUT2D eigenvalue weighted by molar-refractivity contribution is -0.274. The van der Waals surface area contributed by atoms with Gasteiger partial charge >= 0.3 is 6.36 Å². The predicted octanol–water partition coefficient (Wildman–Crippen LogP) is 1.83. The zero-order valence-corrected chi connectivity index (χ0v) is 8.34. The second kappa shape index (κ2) is 3.71. The van der Waals surface area contributed by atoms with Gasteiger partial charge in [0.15, 0.2) is 0 Å². The van der Waals surface area contributed by atoms with Gasteiger partial charge in [-0.2, -0.15) is 5.10 Å². The molecule has 2 aromatic rings. The minimum Gasteiger partial charge on any atom is -0.758 e. The molecule has 0 aliphatic rings. The van der Waals surface area contributed by atoms with E-state index in [1.54, 1.807) is 0 Å². The fourth-order valence-corrected chi connectivity index (χ4v) is 1.35. The van der Waals surface area contributed by atoms with Crippen LogP contribution < -0.4 is 4.74 Å². The number of fused-ring (bicyclic) bond motifs is 1. The monoisotopic (exact) mass is 246 g/mol. The molecule has 8 heteroatoms. The van der Waals surface area contributed by atoms with Crippen molar-refractivity contribution >= 4 is 23.5 Å². The molecule has 0 amide bonds. The fraction of sp³-hybridized carbons (Fsp3) is 0.125. The molecule has 0 fully saturated rings.